The van der Waals surface area contributed by atoms with Crippen LogP contribution in [0.5, 0.6) is 0 Å². The number of aromatic nitrogens is 3. The number of hydrogen-bond acceptors (Lipinski definition) is 7. The standard InChI is InChI=1S/C13H14N4O2S/c1-7(18-2)5-11-16-12(19-17-11)8-3-4-9-10(6-8)20-13(14)15-9/h3-4,6-7H,5H2,1-2H3,(H2,14,15). The van der Waals surface area contributed by atoms with Gasteiger partial charge in [-0.1, -0.05) is 16.5 Å². The summed E-state index contributed by atoms with van der Waals surface area (Å²) >= 11 is 1.44. The summed E-state index contributed by atoms with van der Waals surface area (Å²) in [7, 11) is 1.66. The number of benzene rings is 1. The van der Waals surface area contributed by atoms with Crippen molar-refractivity contribution in [3.63, 3.8) is 0 Å². The lowest BCUT2D eigenvalue weighted by atomic mass is 10.2. The van der Waals surface area contributed by atoms with Gasteiger partial charge in [-0.25, -0.2) is 4.98 Å². The van der Waals surface area contributed by atoms with Gasteiger partial charge in [0, 0.05) is 19.1 Å². The minimum absolute atomic E-state index is 0.0595. The van der Waals surface area contributed by atoms with Gasteiger partial charge in [-0.2, -0.15) is 4.98 Å². The molecule has 2 aromatic heterocycles. The maximum absolute atomic E-state index is 5.70. The molecule has 3 rings (SSSR count). The van der Waals surface area contributed by atoms with E-state index >= 15 is 0 Å². The van der Waals surface area contributed by atoms with E-state index in [4.69, 9.17) is 15.0 Å². The molecule has 0 bridgehead atoms. The van der Waals surface area contributed by atoms with Crippen LogP contribution in [0.2, 0.25) is 0 Å². The average molecular weight is 290 g/mol. The van der Waals surface area contributed by atoms with Crippen molar-refractivity contribution < 1.29 is 9.26 Å². The summed E-state index contributed by atoms with van der Waals surface area (Å²) in [6, 6.07) is 5.76. The topological polar surface area (TPSA) is 87.1 Å². The van der Waals surface area contributed by atoms with E-state index < -0.39 is 0 Å². The summed E-state index contributed by atoms with van der Waals surface area (Å²) in [4.78, 5) is 8.59. The first-order chi connectivity index (χ1) is 9.65. The third kappa shape index (κ3) is 2.50. The number of fused-ring (bicyclic) bond motifs is 1. The molecule has 6 nitrogen and oxygen atoms in total. The largest absolute Gasteiger partial charge is 0.381 e. The summed E-state index contributed by atoms with van der Waals surface area (Å²) in [5.74, 6) is 1.13. The van der Waals surface area contributed by atoms with Gasteiger partial charge in [0.2, 0.25) is 0 Å². The predicted molar refractivity (Wildman–Crippen MR) is 77.5 cm³/mol. The zero-order valence-electron chi connectivity index (χ0n) is 11.2. The summed E-state index contributed by atoms with van der Waals surface area (Å²) in [5.41, 5.74) is 7.44. The first kappa shape index (κ1) is 13.0. The molecule has 0 amide bonds. The van der Waals surface area contributed by atoms with Crippen molar-refractivity contribution in [3.05, 3.63) is 24.0 Å². The average Bonchev–Trinajstić information content (AvgIpc) is 3.02. The Morgan fingerprint density at radius 3 is 3.05 bits per heavy atom. The third-order valence-corrected chi connectivity index (χ3v) is 3.84. The molecule has 0 aliphatic carbocycles. The first-order valence-electron chi connectivity index (χ1n) is 6.17. The Kier molecular flexibility index (Phi) is 3.37. The fourth-order valence-electron chi connectivity index (χ4n) is 1.87. The van der Waals surface area contributed by atoms with E-state index in [-0.39, 0.29) is 6.10 Å². The summed E-state index contributed by atoms with van der Waals surface area (Å²) in [5, 5.41) is 4.52. The van der Waals surface area contributed by atoms with E-state index in [1.54, 1.807) is 7.11 Å². The summed E-state index contributed by atoms with van der Waals surface area (Å²) in [6.45, 7) is 1.96. The molecule has 0 radical (unpaired) electrons. The number of anilines is 1. The van der Waals surface area contributed by atoms with Gasteiger partial charge < -0.3 is 15.0 Å². The van der Waals surface area contributed by atoms with Crippen molar-refractivity contribution in [2.24, 2.45) is 0 Å². The molecule has 3 aromatic rings. The Balaban J connectivity index is 1.90. The van der Waals surface area contributed by atoms with Crippen LogP contribution in [-0.2, 0) is 11.2 Å². The number of nitrogen functional groups attached to an aromatic ring is 1. The van der Waals surface area contributed by atoms with Crippen molar-refractivity contribution in [3.8, 4) is 11.5 Å². The smallest absolute Gasteiger partial charge is 0.257 e. The van der Waals surface area contributed by atoms with Crippen LogP contribution >= 0.6 is 11.3 Å². The number of hydrogen-bond donors (Lipinski definition) is 1. The van der Waals surface area contributed by atoms with Crippen molar-refractivity contribution in [2.45, 2.75) is 19.4 Å². The first-order valence-corrected chi connectivity index (χ1v) is 6.99. The zero-order chi connectivity index (χ0) is 14.1. The molecule has 0 fully saturated rings. The Hall–Kier alpha value is -1.99. The van der Waals surface area contributed by atoms with Gasteiger partial charge >= 0.3 is 0 Å². The molecule has 1 atom stereocenters. The van der Waals surface area contributed by atoms with Crippen molar-refractivity contribution in [1.82, 2.24) is 15.1 Å². The minimum Gasteiger partial charge on any atom is -0.381 e. The molecule has 0 saturated heterocycles. The molecule has 2 N–H and O–H groups in total. The van der Waals surface area contributed by atoms with Crippen molar-refractivity contribution in [2.75, 3.05) is 12.8 Å². The quantitative estimate of drug-likeness (QED) is 0.794. The number of methoxy groups -OCH3 is 1. The van der Waals surface area contributed by atoms with Crippen LogP contribution in [0.1, 0.15) is 12.7 Å². The van der Waals surface area contributed by atoms with Crippen LogP contribution in [-0.4, -0.2) is 28.3 Å². The van der Waals surface area contributed by atoms with Crippen LogP contribution in [0.25, 0.3) is 21.7 Å². The Bertz CT molecular complexity index is 737. The Morgan fingerprint density at radius 2 is 2.25 bits per heavy atom. The molecule has 0 spiro atoms. The lowest BCUT2D eigenvalue weighted by molar-refractivity contribution is 0.116. The highest BCUT2D eigenvalue weighted by atomic mass is 32.1. The second-order valence-corrected chi connectivity index (χ2v) is 5.56. The molecule has 104 valence electrons. The van der Waals surface area contributed by atoms with Crippen LogP contribution in [0.4, 0.5) is 5.13 Å². The minimum atomic E-state index is 0.0595. The number of nitrogens with two attached hydrogens (primary N) is 1. The van der Waals surface area contributed by atoms with Crippen LogP contribution in [0.3, 0.4) is 0 Å². The number of ether oxygens (including phenoxy) is 1. The van der Waals surface area contributed by atoms with Gasteiger partial charge in [0.15, 0.2) is 11.0 Å². The SMILES string of the molecule is COC(C)Cc1noc(-c2ccc3nc(N)sc3c2)n1. The second-order valence-electron chi connectivity index (χ2n) is 4.50. The number of nitrogens with zero attached hydrogens (tertiary/aromatic N) is 3. The predicted octanol–water partition coefficient (Wildman–Crippen LogP) is 2.51. The van der Waals surface area contributed by atoms with E-state index in [0.29, 0.717) is 23.3 Å². The fourth-order valence-corrected chi connectivity index (χ4v) is 2.64. The van der Waals surface area contributed by atoms with Gasteiger partial charge in [0.05, 0.1) is 16.3 Å². The lowest BCUT2D eigenvalue weighted by Gasteiger charge is -2.03. The van der Waals surface area contributed by atoms with Gasteiger partial charge in [0.25, 0.3) is 5.89 Å². The molecular weight excluding hydrogens is 276 g/mol. The van der Waals surface area contributed by atoms with Crippen LogP contribution in [0, 0.1) is 0 Å². The van der Waals surface area contributed by atoms with Crippen molar-refractivity contribution >= 4 is 26.7 Å². The van der Waals surface area contributed by atoms with Gasteiger partial charge in [-0.05, 0) is 25.1 Å². The normalized spacial score (nSPS) is 12.9. The van der Waals surface area contributed by atoms with Crippen molar-refractivity contribution in [1.29, 1.82) is 0 Å². The molecular formula is C13H14N4O2S. The van der Waals surface area contributed by atoms with Gasteiger partial charge in [0.1, 0.15) is 0 Å². The molecule has 2 heterocycles. The van der Waals surface area contributed by atoms with E-state index in [2.05, 4.69) is 15.1 Å². The monoisotopic (exact) mass is 290 g/mol. The highest BCUT2D eigenvalue weighted by Gasteiger charge is 2.12. The number of thiazole rings is 1. The van der Waals surface area contributed by atoms with E-state index in [0.717, 1.165) is 15.8 Å². The Labute approximate surface area is 119 Å². The summed E-state index contributed by atoms with van der Waals surface area (Å²) < 4.78 is 11.5. The molecule has 0 aliphatic rings. The Morgan fingerprint density at radius 1 is 1.40 bits per heavy atom. The molecule has 1 unspecified atom stereocenters. The van der Waals surface area contributed by atoms with E-state index in [1.807, 2.05) is 25.1 Å². The lowest BCUT2D eigenvalue weighted by Crippen LogP contribution is -2.09. The zero-order valence-corrected chi connectivity index (χ0v) is 12.0. The molecule has 7 heteroatoms. The van der Waals surface area contributed by atoms with E-state index in [1.165, 1.54) is 11.3 Å². The highest BCUT2D eigenvalue weighted by Crippen LogP contribution is 2.28. The molecule has 20 heavy (non-hydrogen) atoms. The fraction of sp³-hybridized carbons (Fsp3) is 0.308. The van der Waals surface area contributed by atoms with Crippen LogP contribution in [0.15, 0.2) is 22.7 Å². The maximum Gasteiger partial charge on any atom is 0.257 e. The molecule has 0 saturated carbocycles. The number of rotatable bonds is 4. The van der Waals surface area contributed by atoms with E-state index in [9.17, 15) is 0 Å². The maximum atomic E-state index is 5.70. The third-order valence-electron chi connectivity index (χ3n) is 2.99. The van der Waals surface area contributed by atoms with Gasteiger partial charge in [-0.3, -0.25) is 0 Å². The van der Waals surface area contributed by atoms with Gasteiger partial charge in [-0.15, -0.1) is 0 Å². The second kappa shape index (κ2) is 5.18. The highest BCUT2D eigenvalue weighted by molar-refractivity contribution is 7.22. The molecule has 1 aromatic carbocycles. The van der Waals surface area contributed by atoms with Crippen LogP contribution < -0.4 is 5.73 Å². The summed E-state index contributed by atoms with van der Waals surface area (Å²) in [6.07, 6.45) is 0.680. The molecule has 0 aliphatic heterocycles.